The highest BCUT2D eigenvalue weighted by Gasteiger charge is 2.30. The van der Waals surface area contributed by atoms with Crippen LogP contribution in [0.2, 0.25) is 0 Å². The fourth-order valence-electron chi connectivity index (χ4n) is 2.55. The number of nitrogens with one attached hydrogen (secondary N) is 2. The van der Waals surface area contributed by atoms with Crippen molar-refractivity contribution in [1.29, 1.82) is 0 Å². The van der Waals surface area contributed by atoms with E-state index in [-0.39, 0.29) is 30.0 Å². The lowest BCUT2D eigenvalue weighted by Crippen LogP contribution is -2.40. The van der Waals surface area contributed by atoms with E-state index in [1.807, 2.05) is 0 Å². The molecule has 1 saturated carbocycles. The van der Waals surface area contributed by atoms with Crippen molar-refractivity contribution in [3.63, 3.8) is 0 Å². The number of nitrogens with zero attached hydrogens (tertiary/aromatic N) is 1. The molecular weight excluding hydrogens is 397 g/mol. The minimum atomic E-state index is -0.589. The fourth-order valence-corrected chi connectivity index (χ4v) is 3.29. The minimum Gasteiger partial charge on any atom is -0.388 e. The van der Waals surface area contributed by atoms with Crippen molar-refractivity contribution in [1.82, 2.24) is 10.6 Å². The number of halogens is 1. The van der Waals surface area contributed by atoms with Gasteiger partial charge in [-0.3, -0.25) is 4.99 Å². The van der Waals surface area contributed by atoms with Crippen LogP contribution in [-0.2, 0) is 0 Å². The second-order valence-electron chi connectivity index (χ2n) is 5.51. The van der Waals surface area contributed by atoms with E-state index >= 15 is 0 Å². The number of hydrogen-bond acceptors (Lipinski definition) is 3. The van der Waals surface area contributed by atoms with Crippen molar-refractivity contribution in [2.45, 2.75) is 51.2 Å². The third-order valence-electron chi connectivity index (χ3n) is 3.73. The Kier molecular flexibility index (Phi) is 7.97. The second kappa shape index (κ2) is 8.95. The predicted molar refractivity (Wildman–Crippen MR) is 101 cm³/mol. The molecule has 1 unspecified atom stereocenters. The second-order valence-corrected chi connectivity index (χ2v) is 6.49. The normalized spacial score (nSPS) is 18.9. The standard InChI is InChI=1S/C15H25N3OS.HI/c1-3-16-14(17-11-15(19)8-4-5-9-15)18-12(2)13-7-6-10-20-13;/h6-7,10,12,19H,3-5,8-9,11H2,1-2H3,(H2,16,17,18);1H. The summed E-state index contributed by atoms with van der Waals surface area (Å²) >= 11 is 1.74. The van der Waals surface area contributed by atoms with Gasteiger partial charge in [0.15, 0.2) is 5.96 Å². The van der Waals surface area contributed by atoms with Crippen molar-refractivity contribution in [2.75, 3.05) is 13.1 Å². The Morgan fingerprint density at radius 2 is 2.19 bits per heavy atom. The number of rotatable bonds is 5. The van der Waals surface area contributed by atoms with Gasteiger partial charge < -0.3 is 15.7 Å². The molecule has 0 bridgehead atoms. The molecule has 0 spiro atoms. The van der Waals surface area contributed by atoms with Gasteiger partial charge in [0.25, 0.3) is 0 Å². The van der Waals surface area contributed by atoms with Gasteiger partial charge in [0, 0.05) is 11.4 Å². The van der Waals surface area contributed by atoms with Crippen LogP contribution in [0.25, 0.3) is 0 Å². The first-order valence-electron chi connectivity index (χ1n) is 7.43. The van der Waals surface area contributed by atoms with Crippen LogP contribution in [0.15, 0.2) is 22.5 Å². The predicted octanol–water partition coefficient (Wildman–Crippen LogP) is 3.29. The Balaban J connectivity index is 0.00000220. The Bertz CT molecular complexity index is 430. The third-order valence-corrected chi connectivity index (χ3v) is 4.79. The van der Waals surface area contributed by atoms with Crippen molar-refractivity contribution >= 4 is 41.3 Å². The highest BCUT2D eigenvalue weighted by Crippen LogP contribution is 2.29. The first-order chi connectivity index (χ1) is 9.63. The summed E-state index contributed by atoms with van der Waals surface area (Å²) in [6.45, 7) is 5.49. The van der Waals surface area contributed by atoms with E-state index in [1.165, 1.54) is 4.88 Å². The molecule has 6 heteroatoms. The van der Waals surface area contributed by atoms with Crippen LogP contribution in [-0.4, -0.2) is 29.8 Å². The number of aliphatic hydroxyl groups is 1. The van der Waals surface area contributed by atoms with Crippen LogP contribution in [0.4, 0.5) is 0 Å². The fraction of sp³-hybridized carbons (Fsp3) is 0.667. The maximum atomic E-state index is 10.4. The van der Waals surface area contributed by atoms with Crippen molar-refractivity contribution < 1.29 is 5.11 Å². The molecule has 0 saturated heterocycles. The first kappa shape index (κ1) is 18.7. The molecule has 1 aromatic rings. The monoisotopic (exact) mass is 423 g/mol. The van der Waals surface area contributed by atoms with Crippen LogP contribution in [0.3, 0.4) is 0 Å². The lowest BCUT2D eigenvalue weighted by molar-refractivity contribution is 0.0574. The number of hydrogen-bond donors (Lipinski definition) is 3. The number of thiophene rings is 1. The van der Waals surface area contributed by atoms with E-state index in [1.54, 1.807) is 11.3 Å². The Hall–Kier alpha value is -0.340. The molecule has 0 amide bonds. The lowest BCUT2D eigenvalue weighted by Gasteiger charge is -2.22. The van der Waals surface area contributed by atoms with Gasteiger partial charge in [0.05, 0.1) is 18.2 Å². The van der Waals surface area contributed by atoms with Gasteiger partial charge in [-0.2, -0.15) is 0 Å². The summed E-state index contributed by atoms with van der Waals surface area (Å²) in [6.07, 6.45) is 3.97. The molecule has 3 N–H and O–H groups in total. The average Bonchev–Trinajstić information content (AvgIpc) is 3.08. The van der Waals surface area contributed by atoms with Gasteiger partial charge in [0.1, 0.15) is 0 Å². The van der Waals surface area contributed by atoms with E-state index in [0.717, 1.165) is 38.2 Å². The van der Waals surface area contributed by atoms with Crippen LogP contribution >= 0.6 is 35.3 Å². The summed E-state index contributed by atoms with van der Waals surface area (Å²) in [5, 5.41) is 19.1. The zero-order valence-corrected chi connectivity index (χ0v) is 15.9. The van der Waals surface area contributed by atoms with E-state index < -0.39 is 5.60 Å². The molecule has 1 aliphatic carbocycles. The lowest BCUT2D eigenvalue weighted by atomic mass is 10.0. The summed E-state index contributed by atoms with van der Waals surface area (Å²) in [5.41, 5.74) is -0.589. The zero-order chi connectivity index (χ0) is 14.4. The van der Waals surface area contributed by atoms with E-state index in [2.05, 4.69) is 47.0 Å². The molecule has 1 heterocycles. The Morgan fingerprint density at radius 1 is 1.48 bits per heavy atom. The van der Waals surface area contributed by atoms with Crippen LogP contribution < -0.4 is 10.6 Å². The highest BCUT2D eigenvalue weighted by molar-refractivity contribution is 14.0. The molecule has 0 aliphatic heterocycles. The van der Waals surface area contributed by atoms with E-state index in [0.29, 0.717) is 6.54 Å². The van der Waals surface area contributed by atoms with Gasteiger partial charge in [-0.1, -0.05) is 18.9 Å². The Morgan fingerprint density at radius 3 is 2.76 bits per heavy atom. The molecule has 0 aromatic carbocycles. The van der Waals surface area contributed by atoms with Gasteiger partial charge in [-0.15, -0.1) is 35.3 Å². The molecule has 1 aliphatic rings. The zero-order valence-electron chi connectivity index (χ0n) is 12.8. The van der Waals surface area contributed by atoms with Gasteiger partial charge in [-0.05, 0) is 38.1 Å². The molecule has 21 heavy (non-hydrogen) atoms. The summed E-state index contributed by atoms with van der Waals surface area (Å²) in [4.78, 5) is 5.85. The molecular formula is C15H26IN3OS. The molecule has 2 rings (SSSR count). The maximum Gasteiger partial charge on any atom is 0.191 e. The van der Waals surface area contributed by atoms with Crippen molar-refractivity contribution in [2.24, 2.45) is 4.99 Å². The number of aliphatic imine (C=N–C) groups is 1. The summed E-state index contributed by atoms with van der Waals surface area (Å²) in [6, 6.07) is 4.41. The molecule has 1 atom stereocenters. The van der Waals surface area contributed by atoms with Gasteiger partial charge in [-0.25, -0.2) is 0 Å². The maximum absolute atomic E-state index is 10.4. The molecule has 0 radical (unpaired) electrons. The smallest absolute Gasteiger partial charge is 0.191 e. The summed E-state index contributed by atoms with van der Waals surface area (Å²) < 4.78 is 0. The summed E-state index contributed by atoms with van der Waals surface area (Å²) in [7, 11) is 0. The molecule has 4 nitrogen and oxygen atoms in total. The largest absolute Gasteiger partial charge is 0.388 e. The quantitative estimate of drug-likeness (QED) is 0.387. The first-order valence-corrected chi connectivity index (χ1v) is 8.31. The molecule has 1 aromatic heterocycles. The molecule has 120 valence electrons. The Labute approximate surface area is 148 Å². The van der Waals surface area contributed by atoms with E-state index in [9.17, 15) is 5.11 Å². The minimum absolute atomic E-state index is 0. The third kappa shape index (κ3) is 5.75. The topological polar surface area (TPSA) is 56.7 Å². The van der Waals surface area contributed by atoms with Gasteiger partial charge in [0.2, 0.25) is 0 Å². The van der Waals surface area contributed by atoms with Crippen molar-refractivity contribution in [3.8, 4) is 0 Å². The number of guanidine groups is 1. The van der Waals surface area contributed by atoms with Crippen LogP contribution in [0.1, 0.15) is 50.4 Å². The molecule has 1 fully saturated rings. The van der Waals surface area contributed by atoms with Gasteiger partial charge >= 0.3 is 0 Å². The highest BCUT2D eigenvalue weighted by atomic mass is 127. The van der Waals surface area contributed by atoms with Crippen molar-refractivity contribution in [3.05, 3.63) is 22.4 Å². The van der Waals surface area contributed by atoms with Crippen LogP contribution in [0, 0.1) is 0 Å². The SMILES string of the molecule is CCNC(=NCC1(O)CCCC1)NC(C)c1cccs1.I. The van der Waals surface area contributed by atoms with Crippen LogP contribution in [0.5, 0.6) is 0 Å². The van der Waals surface area contributed by atoms with E-state index in [4.69, 9.17) is 0 Å². The average molecular weight is 423 g/mol. The summed E-state index contributed by atoms with van der Waals surface area (Å²) in [5.74, 6) is 0.786.